The molecule has 7 heteroatoms. The molecule has 0 amide bonds. The second kappa shape index (κ2) is 6.60. The van der Waals surface area contributed by atoms with Crippen LogP contribution >= 0.6 is 11.3 Å². The molecule has 1 aromatic heterocycles. The maximum absolute atomic E-state index is 11.8. The number of rotatable bonds is 7. The summed E-state index contributed by atoms with van der Waals surface area (Å²) in [6.07, 6.45) is 0. The molecule has 0 bridgehead atoms. The predicted molar refractivity (Wildman–Crippen MR) is 75.5 cm³/mol. The molecule has 1 rings (SSSR count). The highest BCUT2D eigenvalue weighted by Crippen LogP contribution is 2.24. The van der Waals surface area contributed by atoms with Gasteiger partial charge in [-0.2, -0.15) is 0 Å². The Balaban J connectivity index is 2.64. The number of nitrogens with zero attached hydrogens (tertiary/aromatic N) is 1. The molecule has 5 nitrogen and oxygen atoms in total. The van der Waals surface area contributed by atoms with Gasteiger partial charge in [0, 0.05) is 11.4 Å². The summed E-state index contributed by atoms with van der Waals surface area (Å²) in [6, 6.07) is -0.220. The number of hydrogen-bond donors (Lipinski definition) is 2. The van der Waals surface area contributed by atoms with Crippen molar-refractivity contribution in [3.63, 3.8) is 0 Å². The summed E-state index contributed by atoms with van der Waals surface area (Å²) in [5.41, 5.74) is 0.902. The van der Waals surface area contributed by atoms with Crippen molar-refractivity contribution >= 4 is 21.4 Å². The van der Waals surface area contributed by atoms with Crippen molar-refractivity contribution in [2.75, 3.05) is 18.8 Å². The standard InChI is InChI=1S/C11H21N3O2S2/c1-5-12-6-7-18(15,16)14-9(3)11-8(2)13-10(4)17-11/h9,12,14H,5-7H2,1-4H3. The van der Waals surface area contributed by atoms with E-state index in [1.54, 1.807) is 0 Å². The molecule has 1 atom stereocenters. The normalized spacial score (nSPS) is 13.8. The fourth-order valence-electron chi connectivity index (χ4n) is 1.71. The van der Waals surface area contributed by atoms with Crippen molar-refractivity contribution in [3.8, 4) is 0 Å². The highest BCUT2D eigenvalue weighted by molar-refractivity contribution is 7.89. The first-order chi connectivity index (χ1) is 8.35. The maximum atomic E-state index is 11.8. The van der Waals surface area contributed by atoms with E-state index < -0.39 is 10.0 Å². The maximum Gasteiger partial charge on any atom is 0.213 e. The molecule has 1 aromatic rings. The number of nitrogens with one attached hydrogen (secondary N) is 2. The molecular formula is C11H21N3O2S2. The van der Waals surface area contributed by atoms with E-state index in [-0.39, 0.29) is 11.8 Å². The lowest BCUT2D eigenvalue weighted by Gasteiger charge is -2.13. The van der Waals surface area contributed by atoms with Gasteiger partial charge in [-0.3, -0.25) is 0 Å². The van der Waals surface area contributed by atoms with Gasteiger partial charge >= 0.3 is 0 Å². The second-order valence-corrected chi connectivity index (χ2v) is 7.30. The molecule has 0 aliphatic heterocycles. The van der Waals surface area contributed by atoms with E-state index in [9.17, 15) is 8.42 Å². The zero-order valence-corrected chi connectivity index (χ0v) is 12.9. The molecule has 0 saturated carbocycles. The fourth-order valence-corrected chi connectivity index (χ4v) is 3.91. The van der Waals surface area contributed by atoms with Crippen LogP contribution in [0.5, 0.6) is 0 Å². The van der Waals surface area contributed by atoms with Crippen LogP contribution in [0.15, 0.2) is 0 Å². The SMILES string of the molecule is CCNCCS(=O)(=O)NC(C)c1sc(C)nc1C. The molecular weight excluding hydrogens is 270 g/mol. The van der Waals surface area contributed by atoms with Crippen LogP contribution in [-0.4, -0.2) is 32.2 Å². The molecule has 0 aromatic carbocycles. The summed E-state index contributed by atoms with van der Waals surface area (Å²) >= 11 is 1.54. The Bertz CT molecular complexity index is 482. The van der Waals surface area contributed by atoms with E-state index in [0.717, 1.165) is 22.1 Å². The van der Waals surface area contributed by atoms with E-state index in [2.05, 4.69) is 15.0 Å². The third kappa shape index (κ3) is 4.64. The van der Waals surface area contributed by atoms with Crippen LogP contribution in [0.3, 0.4) is 0 Å². The van der Waals surface area contributed by atoms with Crippen LogP contribution in [0, 0.1) is 13.8 Å². The van der Waals surface area contributed by atoms with Crippen LogP contribution < -0.4 is 10.0 Å². The number of aromatic nitrogens is 1. The Labute approximate surface area is 113 Å². The molecule has 0 spiro atoms. The van der Waals surface area contributed by atoms with Crippen molar-refractivity contribution < 1.29 is 8.42 Å². The summed E-state index contributed by atoms with van der Waals surface area (Å²) in [6.45, 7) is 8.88. The van der Waals surface area contributed by atoms with Crippen LogP contribution in [0.4, 0.5) is 0 Å². The highest BCUT2D eigenvalue weighted by atomic mass is 32.2. The monoisotopic (exact) mass is 291 g/mol. The topological polar surface area (TPSA) is 71.1 Å². The van der Waals surface area contributed by atoms with E-state index in [0.29, 0.717) is 6.54 Å². The van der Waals surface area contributed by atoms with Crippen molar-refractivity contribution in [1.29, 1.82) is 0 Å². The average Bonchev–Trinajstić information content (AvgIpc) is 2.57. The largest absolute Gasteiger partial charge is 0.316 e. The molecule has 0 saturated heterocycles. The summed E-state index contributed by atoms with van der Waals surface area (Å²) in [4.78, 5) is 5.29. The van der Waals surface area contributed by atoms with Crippen LogP contribution in [0.2, 0.25) is 0 Å². The molecule has 2 N–H and O–H groups in total. The van der Waals surface area contributed by atoms with E-state index in [1.165, 1.54) is 11.3 Å². The van der Waals surface area contributed by atoms with Gasteiger partial charge in [-0.25, -0.2) is 18.1 Å². The molecule has 0 aliphatic carbocycles. The third-order valence-corrected chi connectivity index (χ3v) is 5.20. The first-order valence-electron chi connectivity index (χ1n) is 6.00. The minimum atomic E-state index is -3.24. The van der Waals surface area contributed by atoms with Gasteiger partial charge in [-0.15, -0.1) is 11.3 Å². The summed E-state index contributed by atoms with van der Waals surface area (Å²) in [5.74, 6) is 0.0992. The Morgan fingerprint density at radius 3 is 2.56 bits per heavy atom. The van der Waals surface area contributed by atoms with Gasteiger partial charge in [0.05, 0.1) is 22.5 Å². The van der Waals surface area contributed by atoms with Gasteiger partial charge in [0.1, 0.15) is 0 Å². The molecule has 104 valence electrons. The van der Waals surface area contributed by atoms with E-state index in [1.807, 2.05) is 27.7 Å². The number of hydrogen-bond acceptors (Lipinski definition) is 5. The Morgan fingerprint density at radius 2 is 2.06 bits per heavy atom. The first-order valence-corrected chi connectivity index (χ1v) is 8.47. The summed E-state index contributed by atoms with van der Waals surface area (Å²) in [5, 5.41) is 3.96. The fraction of sp³-hybridized carbons (Fsp3) is 0.727. The Kier molecular flexibility index (Phi) is 5.71. The first kappa shape index (κ1) is 15.6. The number of sulfonamides is 1. The van der Waals surface area contributed by atoms with Gasteiger partial charge in [0.25, 0.3) is 0 Å². The highest BCUT2D eigenvalue weighted by Gasteiger charge is 2.19. The van der Waals surface area contributed by atoms with Crippen LogP contribution in [0.25, 0.3) is 0 Å². The lowest BCUT2D eigenvalue weighted by Crippen LogP contribution is -2.33. The Hall–Kier alpha value is -0.500. The van der Waals surface area contributed by atoms with Crippen molar-refractivity contribution in [2.24, 2.45) is 0 Å². The lowest BCUT2D eigenvalue weighted by molar-refractivity contribution is 0.564. The minimum Gasteiger partial charge on any atom is -0.316 e. The van der Waals surface area contributed by atoms with Gasteiger partial charge in [0.15, 0.2) is 0 Å². The van der Waals surface area contributed by atoms with Crippen molar-refractivity contribution in [3.05, 3.63) is 15.6 Å². The second-order valence-electron chi connectivity index (χ2n) is 4.19. The lowest BCUT2D eigenvalue weighted by atomic mass is 10.2. The summed E-state index contributed by atoms with van der Waals surface area (Å²) < 4.78 is 26.4. The molecule has 0 fully saturated rings. The number of aryl methyl sites for hydroxylation is 2. The Morgan fingerprint density at radius 1 is 1.39 bits per heavy atom. The summed E-state index contributed by atoms with van der Waals surface area (Å²) in [7, 11) is -3.24. The van der Waals surface area contributed by atoms with E-state index in [4.69, 9.17) is 0 Å². The van der Waals surface area contributed by atoms with Gasteiger partial charge in [0.2, 0.25) is 10.0 Å². The molecule has 0 aliphatic rings. The van der Waals surface area contributed by atoms with Gasteiger partial charge in [-0.1, -0.05) is 6.92 Å². The molecule has 18 heavy (non-hydrogen) atoms. The quantitative estimate of drug-likeness (QED) is 0.744. The predicted octanol–water partition coefficient (Wildman–Crippen LogP) is 1.35. The van der Waals surface area contributed by atoms with Crippen LogP contribution in [0.1, 0.15) is 35.5 Å². The third-order valence-electron chi connectivity index (χ3n) is 2.49. The van der Waals surface area contributed by atoms with Crippen LogP contribution in [-0.2, 0) is 10.0 Å². The molecule has 1 unspecified atom stereocenters. The van der Waals surface area contributed by atoms with Crippen molar-refractivity contribution in [2.45, 2.75) is 33.7 Å². The van der Waals surface area contributed by atoms with E-state index >= 15 is 0 Å². The number of thiazole rings is 1. The smallest absolute Gasteiger partial charge is 0.213 e. The molecule has 0 radical (unpaired) electrons. The van der Waals surface area contributed by atoms with Gasteiger partial charge in [-0.05, 0) is 27.3 Å². The molecule has 1 heterocycles. The minimum absolute atomic E-state index is 0.0992. The zero-order valence-electron chi connectivity index (χ0n) is 11.3. The average molecular weight is 291 g/mol. The van der Waals surface area contributed by atoms with Crippen molar-refractivity contribution in [1.82, 2.24) is 15.0 Å². The van der Waals surface area contributed by atoms with Gasteiger partial charge < -0.3 is 5.32 Å². The zero-order chi connectivity index (χ0) is 13.8.